The average Bonchev–Trinajstić information content (AvgIpc) is 2.98. The van der Waals surface area contributed by atoms with Gasteiger partial charge in [-0.05, 0) is 18.8 Å². The van der Waals surface area contributed by atoms with Crippen molar-refractivity contribution in [1.29, 1.82) is 0 Å². The van der Waals surface area contributed by atoms with Gasteiger partial charge in [-0.3, -0.25) is 9.59 Å². The largest absolute Gasteiger partial charge is 0.481 e. The summed E-state index contributed by atoms with van der Waals surface area (Å²) in [7, 11) is 0. The fraction of sp³-hybridized carbons (Fsp3) is 0.714. The SMILES string of the molecule is CC1CCN(C(=O)[C@H]2[C@@H](C(=O)O)[C@H]3C=C[C@H]2O3)CC1. The molecule has 2 saturated heterocycles. The van der Waals surface area contributed by atoms with Crippen LogP contribution in [0.3, 0.4) is 0 Å². The third-order valence-electron chi connectivity index (χ3n) is 4.57. The van der Waals surface area contributed by atoms with Crippen LogP contribution in [0.2, 0.25) is 0 Å². The highest BCUT2D eigenvalue weighted by Gasteiger charge is 2.54. The van der Waals surface area contributed by atoms with Gasteiger partial charge < -0.3 is 14.7 Å². The summed E-state index contributed by atoms with van der Waals surface area (Å²) in [4.78, 5) is 25.7. The fourth-order valence-electron chi connectivity index (χ4n) is 3.34. The number of carbonyl (C=O) groups excluding carboxylic acids is 1. The van der Waals surface area contributed by atoms with Crippen LogP contribution in [0.4, 0.5) is 0 Å². The Bertz CT molecular complexity index is 425. The molecule has 1 amide bonds. The van der Waals surface area contributed by atoms with E-state index in [2.05, 4.69) is 6.92 Å². The van der Waals surface area contributed by atoms with Crippen LogP contribution in [0.15, 0.2) is 12.2 Å². The third-order valence-corrected chi connectivity index (χ3v) is 4.57. The van der Waals surface area contributed by atoms with Crippen molar-refractivity contribution in [3.63, 3.8) is 0 Å². The molecule has 19 heavy (non-hydrogen) atoms. The normalized spacial score (nSPS) is 37.8. The van der Waals surface area contributed by atoms with Crippen molar-refractivity contribution in [2.24, 2.45) is 17.8 Å². The molecule has 2 bridgehead atoms. The van der Waals surface area contributed by atoms with Crippen LogP contribution in [0, 0.1) is 17.8 Å². The number of carboxylic acids is 1. The second-order valence-corrected chi connectivity index (χ2v) is 5.85. The van der Waals surface area contributed by atoms with Gasteiger partial charge in [0.1, 0.15) is 5.92 Å². The maximum absolute atomic E-state index is 12.6. The zero-order chi connectivity index (χ0) is 13.6. The molecule has 0 unspecified atom stereocenters. The van der Waals surface area contributed by atoms with Gasteiger partial charge in [-0.25, -0.2) is 0 Å². The Labute approximate surface area is 112 Å². The van der Waals surface area contributed by atoms with Crippen molar-refractivity contribution in [1.82, 2.24) is 4.90 Å². The molecular weight excluding hydrogens is 246 g/mol. The number of amides is 1. The number of carbonyl (C=O) groups is 2. The second-order valence-electron chi connectivity index (χ2n) is 5.85. The quantitative estimate of drug-likeness (QED) is 0.753. The van der Waals surface area contributed by atoms with E-state index >= 15 is 0 Å². The van der Waals surface area contributed by atoms with Gasteiger partial charge in [0.2, 0.25) is 5.91 Å². The highest BCUT2D eigenvalue weighted by atomic mass is 16.5. The first-order chi connectivity index (χ1) is 9.08. The van der Waals surface area contributed by atoms with Gasteiger partial charge in [0.25, 0.3) is 0 Å². The van der Waals surface area contributed by atoms with Crippen molar-refractivity contribution >= 4 is 11.9 Å². The van der Waals surface area contributed by atoms with E-state index in [1.807, 2.05) is 11.0 Å². The lowest BCUT2D eigenvalue weighted by Crippen LogP contribution is -2.47. The predicted octanol–water partition coefficient (Wildman–Crippen LogP) is 0.899. The summed E-state index contributed by atoms with van der Waals surface area (Å²) in [5.74, 6) is -1.59. The summed E-state index contributed by atoms with van der Waals surface area (Å²) >= 11 is 0. The smallest absolute Gasteiger partial charge is 0.310 e. The number of ether oxygens (including phenoxy) is 1. The van der Waals surface area contributed by atoms with Gasteiger partial charge in [0.05, 0.1) is 18.1 Å². The van der Waals surface area contributed by atoms with E-state index in [9.17, 15) is 14.7 Å². The molecule has 0 aromatic carbocycles. The monoisotopic (exact) mass is 265 g/mol. The average molecular weight is 265 g/mol. The molecule has 3 rings (SSSR count). The van der Waals surface area contributed by atoms with Crippen molar-refractivity contribution in [3.05, 3.63) is 12.2 Å². The molecule has 3 aliphatic rings. The van der Waals surface area contributed by atoms with E-state index in [-0.39, 0.29) is 12.0 Å². The number of piperidine rings is 1. The summed E-state index contributed by atoms with van der Waals surface area (Å²) in [5.41, 5.74) is 0. The molecule has 0 aliphatic carbocycles. The molecule has 0 spiro atoms. The van der Waals surface area contributed by atoms with Gasteiger partial charge in [-0.15, -0.1) is 0 Å². The van der Waals surface area contributed by atoms with Crippen LogP contribution in [-0.4, -0.2) is 47.2 Å². The highest BCUT2D eigenvalue weighted by Crippen LogP contribution is 2.40. The zero-order valence-corrected chi connectivity index (χ0v) is 11.0. The lowest BCUT2D eigenvalue weighted by atomic mass is 9.81. The minimum Gasteiger partial charge on any atom is -0.481 e. The standard InChI is InChI=1S/C14H19NO4/c1-8-4-6-15(7-5-8)13(16)11-9-2-3-10(19-9)12(11)14(17)18/h2-3,8-12H,4-7H2,1H3,(H,17,18)/t9-,10-,11-,12+/m1/s1. The molecule has 3 heterocycles. The van der Waals surface area contributed by atoms with Gasteiger partial charge in [0, 0.05) is 13.1 Å². The summed E-state index contributed by atoms with van der Waals surface area (Å²) < 4.78 is 5.55. The van der Waals surface area contributed by atoms with E-state index in [1.165, 1.54) is 0 Å². The van der Waals surface area contributed by atoms with Crippen molar-refractivity contribution in [2.45, 2.75) is 32.0 Å². The minimum atomic E-state index is -0.930. The number of carboxylic acid groups (broad SMARTS) is 1. The van der Waals surface area contributed by atoms with Crippen molar-refractivity contribution in [3.8, 4) is 0 Å². The molecule has 5 heteroatoms. The van der Waals surface area contributed by atoms with E-state index in [1.54, 1.807) is 6.08 Å². The Morgan fingerprint density at radius 2 is 1.74 bits per heavy atom. The van der Waals surface area contributed by atoms with Crippen LogP contribution >= 0.6 is 0 Å². The van der Waals surface area contributed by atoms with E-state index in [4.69, 9.17) is 4.74 Å². The van der Waals surface area contributed by atoms with Gasteiger partial charge in [0.15, 0.2) is 0 Å². The van der Waals surface area contributed by atoms with Crippen LogP contribution in [0.25, 0.3) is 0 Å². The third kappa shape index (κ3) is 2.06. The zero-order valence-electron chi connectivity index (χ0n) is 11.0. The number of fused-ring (bicyclic) bond motifs is 2. The summed E-state index contributed by atoms with van der Waals surface area (Å²) in [5, 5.41) is 9.31. The lowest BCUT2D eigenvalue weighted by Gasteiger charge is -2.34. The molecule has 104 valence electrons. The molecule has 0 aromatic rings. The number of aliphatic carboxylic acids is 1. The molecule has 0 radical (unpaired) electrons. The topological polar surface area (TPSA) is 66.8 Å². The van der Waals surface area contributed by atoms with Gasteiger partial charge >= 0.3 is 5.97 Å². The highest BCUT2D eigenvalue weighted by molar-refractivity contribution is 5.87. The van der Waals surface area contributed by atoms with Gasteiger partial charge in [-0.2, -0.15) is 0 Å². The summed E-state index contributed by atoms with van der Waals surface area (Å²) in [6.07, 6.45) is 4.82. The number of hydrogen-bond acceptors (Lipinski definition) is 3. The number of nitrogens with zero attached hydrogens (tertiary/aromatic N) is 1. The first-order valence-electron chi connectivity index (χ1n) is 6.93. The lowest BCUT2D eigenvalue weighted by molar-refractivity contribution is -0.150. The maximum Gasteiger partial charge on any atom is 0.310 e. The van der Waals surface area contributed by atoms with Crippen molar-refractivity contribution in [2.75, 3.05) is 13.1 Å². The Kier molecular flexibility index (Phi) is 3.09. The molecular formula is C14H19NO4. The molecule has 0 saturated carbocycles. The second kappa shape index (κ2) is 4.63. The van der Waals surface area contributed by atoms with Crippen LogP contribution in [-0.2, 0) is 14.3 Å². The predicted molar refractivity (Wildman–Crippen MR) is 67.4 cm³/mol. The van der Waals surface area contributed by atoms with E-state index in [0.717, 1.165) is 25.9 Å². The number of hydrogen-bond donors (Lipinski definition) is 1. The maximum atomic E-state index is 12.6. The summed E-state index contributed by atoms with van der Waals surface area (Å²) in [6, 6.07) is 0. The Morgan fingerprint density at radius 1 is 1.16 bits per heavy atom. The molecule has 3 aliphatic heterocycles. The Morgan fingerprint density at radius 3 is 2.32 bits per heavy atom. The first-order valence-corrected chi connectivity index (χ1v) is 6.93. The van der Waals surface area contributed by atoms with Crippen LogP contribution in [0.5, 0.6) is 0 Å². The molecule has 1 N–H and O–H groups in total. The van der Waals surface area contributed by atoms with Crippen LogP contribution in [0.1, 0.15) is 19.8 Å². The molecule has 2 fully saturated rings. The Balaban J connectivity index is 1.75. The Hall–Kier alpha value is -1.36. The molecule has 5 nitrogen and oxygen atoms in total. The van der Waals surface area contributed by atoms with Crippen LogP contribution < -0.4 is 0 Å². The minimum absolute atomic E-state index is 0.0452. The van der Waals surface area contributed by atoms with E-state index < -0.39 is 23.9 Å². The molecule has 0 aromatic heterocycles. The molecule has 4 atom stereocenters. The number of rotatable bonds is 2. The van der Waals surface area contributed by atoms with E-state index in [0.29, 0.717) is 5.92 Å². The number of likely N-dealkylation sites (tertiary alicyclic amines) is 1. The summed E-state index contributed by atoms with van der Waals surface area (Å²) in [6.45, 7) is 3.67. The fourth-order valence-corrected chi connectivity index (χ4v) is 3.34. The van der Waals surface area contributed by atoms with Gasteiger partial charge in [-0.1, -0.05) is 19.1 Å². The van der Waals surface area contributed by atoms with Crippen molar-refractivity contribution < 1.29 is 19.4 Å². The first kappa shape index (κ1) is 12.7.